The van der Waals surface area contributed by atoms with Gasteiger partial charge in [-0.3, -0.25) is 9.59 Å². The maximum absolute atomic E-state index is 13.1. The van der Waals surface area contributed by atoms with Crippen LogP contribution >= 0.6 is 11.3 Å². The summed E-state index contributed by atoms with van der Waals surface area (Å²) in [4.78, 5) is 34.3. The molecule has 2 heterocycles. The van der Waals surface area contributed by atoms with Gasteiger partial charge < -0.3 is 9.80 Å². The van der Waals surface area contributed by atoms with Gasteiger partial charge in [-0.2, -0.15) is 0 Å². The second kappa shape index (κ2) is 5.66. The third-order valence-corrected chi connectivity index (χ3v) is 6.26. The number of carbonyl (C=O) groups excluding carboxylic acids is 2. The molecule has 2 amide bonds. The smallest absolute Gasteiger partial charge is 0.268 e. The number of benzene rings is 1. The number of rotatable bonds is 4. The molecule has 0 unspecified atom stereocenters. The Balaban J connectivity index is 1.48. The van der Waals surface area contributed by atoms with Crippen molar-refractivity contribution >= 4 is 23.2 Å². The Morgan fingerprint density at radius 1 is 1.12 bits per heavy atom. The third kappa shape index (κ3) is 2.74. The van der Waals surface area contributed by atoms with Gasteiger partial charge in [0.15, 0.2) is 0 Å². The molecule has 5 rings (SSSR count). The first-order chi connectivity index (χ1) is 12.2. The molecule has 1 aromatic carbocycles. The van der Waals surface area contributed by atoms with E-state index in [1.165, 1.54) is 11.3 Å². The summed E-state index contributed by atoms with van der Waals surface area (Å²) in [6, 6.07) is 10.2. The molecular formula is C19H19N3O2S. The summed E-state index contributed by atoms with van der Waals surface area (Å²) in [7, 11) is 0. The van der Waals surface area contributed by atoms with Crippen molar-refractivity contribution in [2.24, 2.45) is 0 Å². The molecule has 25 heavy (non-hydrogen) atoms. The molecule has 1 saturated heterocycles. The maximum Gasteiger partial charge on any atom is 0.268 e. The van der Waals surface area contributed by atoms with E-state index >= 15 is 0 Å². The van der Waals surface area contributed by atoms with Crippen LogP contribution in [0.25, 0.3) is 11.3 Å². The van der Waals surface area contributed by atoms with Crippen molar-refractivity contribution in [3.63, 3.8) is 0 Å². The predicted octanol–water partition coefficient (Wildman–Crippen LogP) is 3.09. The fourth-order valence-corrected chi connectivity index (χ4v) is 4.56. The van der Waals surface area contributed by atoms with Crippen LogP contribution in [0.3, 0.4) is 0 Å². The standard InChI is InChI=1S/C19H19N3O2S/c23-15-10-21(11-22(15)14-8-9-14)19(24)17-16(12-4-2-1-3-5-12)20-18(25-17)13-6-7-13/h1-5,13-14H,6-11H2. The van der Waals surface area contributed by atoms with E-state index in [1.54, 1.807) is 4.90 Å². The van der Waals surface area contributed by atoms with Crippen molar-refractivity contribution in [1.29, 1.82) is 0 Å². The van der Waals surface area contributed by atoms with Crippen molar-refractivity contribution in [2.75, 3.05) is 13.2 Å². The highest BCUT2D eigenvalue weighted by molar-refractivity contribution is 7.14. The Morgan fingerprint density at radius 3 is 2.56 bits per heavy atom. The molecule has 1 aliphatic heterocycles. The molecule has 3 fully saturated rings. The average molecular weight is 353 g/mol. The zero-order chi connectivity index (χ0) is 17.0. The van der Waals surface area contributed by atoms with Gasteiger partial charge in [0.05, 0.1) is 17.4 Å². The van der Waals surface area contributed by atoms with Crippen molar-refractivity contribution in [3.8, 4) is 11.3 Å². The van der Waals surface area contributed by atoms with Crippen LogP contribution < -0.4 is 0 Å². The lowest BCUT2D eigenvalue weighted by atomic mass is 10.1. The number of thiazole rings is 1. The van der Waals surface area contributed by atoms with Crippen LogP contribution in [0.2, 0.25) is 0 Å². The van der Waals surface area contributed by atoms with Crippen LogP contribution in [-0.2, 0) is 4.79 Å². The average Bonchev–Trinajstić information content (AvgIpc) is 3.57. The molecular weight excluding hydrogens is 334 g/mol. The van der Waals surface area contributed by atoms with Gasteiger partial charge in [-0.05, 0) is 25.7 Å². The Labute approximate surface area is 150 Å². The SMILES string of the molecule is O=C(c1sc(C2CC2)nc1-c1ccccc1)N1CC(=O)N(C2CC2)C1. The molecule has 6 heteroatoms. The second-order valence-corrected chi connectivity index (χ2v) is 8.14. The Kier molecular flexibility index (Phi) is 3.41. The van der Waals surface area contributed by atoms with E-state index in [1.807, 2.05) is 35.2 Å². The minimum absolute atomic E-state index is 0.0558. The Morgan fingerprint density at radius 2 is 1.88 bits per heavy atom. The number of hydrogen-bond donors (Lipinski definition) is 0. The molecule has 0 radical (unpaired) electrons. The molecule has 3 aliphatic rings. The van der Waals surface area contributed by atoms with Crippen LogP contribution in [-0.4, -0.2) is 45.9 Å². The maximum atomic E-state index is 13.1. The monoisotopic (exact) mass is 353 g/mol. The predicted molar refractivity (Wildman–Crippen MR) is 95.3 cm³/mol. The lowest BCUT2D eigenvalue weighted by molar-refractivity contribution is -0.127. The highest BCUT2D eigenvalue weighted by atomic mass is 32.1. The summed E-state index contributed by atoms with van der Waals surface area (Å²) in [5, 5.41) is 1.06. The minimum atomic E-state index is -0.0558. The van der Waals surface area contributed by atoms with Crippen LogP contribution in [0, 0.1) is 0 Å². The first kappa shape index (κ1) is 15.1. The molecule has 2 aromatic rings. The van der Waals surface area contributed by atoms with Gasteiger partial charge in [0.1, 0.15) is 11.4 Å². The quantitative estimate of drug-likeness (QED) is 0.849. The van der Waals surface area contributed by atoms with E-state index in [2.05, 4.69) is 0 Å². The van der Waals surface area contributed by atoms with E-state index in [4.69, 9.17) is 4.98 Å². The fourth-order valence-electron chi connectivity index (χ4n) is 3.33. The lowest BCUT2D eigenvalue weighted by Gasteiger charge is -2.17. The minimum Gasteiger partial charge on any atom is -0.320 e. The molecule has 128 valence electrons. The highest BCUT2D eigenvalue weighted by Gasteiger charge is 2.41. The summed E-state index contributed by atoms with van der Waals surface area (Å²) in [6.07, 6.45) is 4.45. The van der Waals surface area contributed by atoms with Crippen molar-refractivity contribution in [2.45, 2.75) is 37.6 Å². The number of nitrogens with zero attached hydrogens (tertiary/aromatic N) is 3. The van der Waals surface area contributed by atoms with Crippen LogP contribution in [0.15, 0.2) is 30.3 Å². The third-order valence-electron chi connectivity index (χ3n) is 5.06. The molecule has 0 N–H and O–H groups in total. The van der Waals surface area contributed by atoms with Crippen LogP contribution in [0.1, 0.15) is 46.3 Å². The number of aromatic nitrogens is 1. The normalized spacial score (nSPS) is 20.4. The van der Waals surface area contributed by atoms with Gasteiger partial charge in [-0.15, -0.1) is 11.3 Å². The van der Waals surface area contributed by atoms with E-state index in [0.717, 1.165) is 41.9 Å². The van der Waals surface area contributed by atoms with Gasteiger partial charge in [0.2, 0.25) is 5.91 Å². The molecule has 1 aromatic heterocycles. The molecule has 0 atom stereocenters. The summed E-state index contributed by atoms with van der Waals surface area (Å²) >= 11 is 1.51. The van der Waals surface area contributed by atoms with Crippen molar-refractivity contribution in [3.05, 3.63) is 40.2 Å². The summed E-state index contributed by atoms with van der Waals surface area (Å²) in [5.74, 6) is 0.529. The van der Waals surface area contributed by atoms with Crippen LogP contribution in [0.5, 0.6) is 0 Å². The number of carbonyl (C=O) groups is 2. The summed E-state index contributed by atoms with van der Waals surface area (Å²) in [5.41, 5.74) is 1.74. The summed E-state index contributed by atoms with van der Waals surface area (Å²) < 4.78 is 0. The lowest BCUT2D eigenvalue weighted by Crippen LogP contribution is -2.32. The Bertz CT molecular complexity index is 840. The van der Waals surface area contributed by atoms with E-state index in [9.17, 15) is 9.59 Å². The zero-order valence-corrected chi connectivity index (χ0v) is 14.7. The van der Waals surface area contributed by atoms with Crippen molar-refractivity contribution < 1.29 is 9.59 Å². The zero-order valence-electron chi connectivity index (χ0n) is 13.9. The van der Waals surface area contributed by atoms with Gasteiger partial charge in [0.25, 0.3) is 5.91 Å². The van der Waals surface area contributed by atoms with Gasteiger partial charge in [-0.25, -0.2) is 4.98 Å². The molecule has 5 nitrogen and oxygen atoms in total. The molecule has 0 spiro atoms. The van der Waals surface area contributed by atoms with Crippen LogP contribution in [0.4, 0.5) is 0 Å². The van der Waals surface area contributed by atoms with Gasteiger partial charge in [0, 0.05) is 17.5 Å². The molecule has 2 saturated carbocycles. The fraction of sp³-hybridized carbons (Fsp3) is 0.421. The summed E-state index contributed by atoms with van der Waals surface area (Å²) in [6.45, 7) is 0.619. The topological polar surface area (TPSA) is 53.5 Å². The first-order valence-electron chi connectivity index (χ1n) is 8.85. The molecule has 0 bridgehead atoms. The first-order valence-corrected chi connectivity index (χ1v) is 9.67. The van der Waals surface area contributed by atoms with Gasteiger partial charge in [-0.1, -0.05) is 30.3 Å². The number of amides is 2. The molecule has 2 aliphatic carbocycles. The van der Waals surface area contributed by atoms with E-state index in [-0.39, 0.29) is 18.4 Å². The van der Waals surface area contributed by atoms with E-state index < -0.39 is 0 Å². The number of hydrogen-bond acceptors (Lipinski definition) is 4. The van der Waals surface area contributed by atoms with E-state index in [0.29, 0.717) is 23.5 Å². The van der Waals surface area contributed by atoms with Gasteiger partial charge >= 0.3 is 0 Å². The highest BCUT2D eigenvalue weighted by Crippen LogP contribution is 2.44. The largest absolute Gasteiger partial charge is 0.320 e. The second-order valence-electron chi connectivity index (χ2n) is 7.11. The van der Waals surface area contributed by atoms with Crippen molar-refractivity contribution in [1.82, 2.24) is 14.8 Å². The Hall–Kier alpha value is -2.21.